The second kappa shape index (κ2) is 8.30. The molecule has 106 valence electrons. The number of carbonyl (C=O) groups is 1. The van der Waals surface area contributed by atoms with Gasteiger partial charge >= 0.3 is 0 Å². The molecule has 0 spiro atoms. The Bertz CT molecular complexity index is 361. The van der Waals surface area contributed by atoms with E-state index in [4.69, 9.17) is 0 Å². The maximum absolute atomic E-state index is 11.7. The lowest BCUT2D eigenvalue weighted by molar-refractivity contribution is -0.121. The number of nitrogens with one attached hydrogen (secondary N) is 2. The molecule has 2 N–H and O–H groups in total. The first-order valence-corrected chi connectivity index (χ1v) is 7.95. The van der Waals surface area contributed by atoms with Crippen LogP contribution in [0.3, 0.4) is 0 Å². The zero-order chi connectivity index (χ0) is 13.3. The average molecular weight is 281 g/mol. The van der Waals surface area contributed by atoms with Gasteiger partial charge in [0.05, 0.1) is 0 Å². The molecule has 0 unspecified atom stereocenters. The summed E-state index contributed by atoms with van der Waals surface area (Å²) in [5.41, 5.74) is 0. The van der Waals surface area contributed by atoms with Gasteiger partial charge in [-0.2, -0.15) is 0 Å². The zero-order valence-electron chi connectivity index (χ0n) is 11.4. The standard InChI is InChI=1S/C14H23N3OS/c18-14(5-1-3-13-4-2-12-19-13)16-8-11-17-9-6-15-7-10-17/h2,4,12,15H,1,3,5-11H2,(H,16,18). The molecule has 1 saturated heterocycles. The summed E-state index contributed by atoms with van der Waals surface area (Å²) in [6.45, 7) is 6.06. The maximum Gasteiger partial charge on any atom is 0.220 e. The van der Waals surface area contributed by atoms with Gasteiger partial charge < -0.3 is 10.6 Å². The summed E-state index contributed by atoms with van der Waals surface area (Å²) < 4.78 is 0. The third kappa shape index (κ3) is 5.72. The minimum Gasteiger partial charge on any atom is -0.355 e. The summed E-state index contributed by atoms with van der Waals surface area (Å²) in [5, 5.41) is 8.43. The fraction of sp³-hybridized carbons (Fsp3) is 0.643. The van der Waals surface area contributed by atoms with E-state index in [1.54, 1.807) is 11.3 Å². The number of amides is 1. The summed E-state index contributed by atoms with van der Waals surface area (Å²) in [6.07, 6.45) is 2.60. The van der Waals surface area contributed by atoms with Gasteiger partial charge in [0.2, 0.25) is 5.91 Å². The van der Waals surface area contributed by atoms with Crippen molar-refractivity contribution in [3.63, 3.8) is 0 Å². The fourth-order valence-electron chi connectivity index (χ4n) is 2.25. The SMILES string of the molecule is O=C(CCCc1cccs1)NCCN1CCNCC1. The predicted molar refractivity (Wildman–Crippen MR) is 79.6 cm³/mol. The summed E-state index contributed by atoms with van der Waals surface area (Å²) in [7, 11) is 0. The molecule has 4 nitrogen and oxygen atoms in total. The highest BCUT2D eigenvalue weighted by Crippen LogP contribution is 2.11. The van der Waals surface area contributed by atoms with Crippen LogP contribution in [0.1, 0.15) is 17.7 Å². The van der Waals surface area contributed by atoms with E-state index in [1.165, 1.54) is 4.88 Å². The summed E-state index contributed by atoms with van der Waals surface area (Å²) >= 11 is 1.77. The molecular weight excluding hydrogens is 258 g/mol. The van der Waals surface area contributed by atoms with Crippen molar-refractivity contribution >= 4 is 17.2 Å². The second-order valence-electron chi connectivity index (χ2n) is 4.87. The van der Waals surface area contributed by atoms with Crippen molar-refractivity contribution in [2.75, 3.05) is 39.3 Å². The van der Waals surface area contributed by atoms with Crippen LogP contribution >= 0.6 is 11.3 Å². The lowest BCUT2D eigenvalue weighted by atomic mass is 10.2. The first-order valence-electron chi connectivity index (χ1n) is 7.07. The van der Waals surface area contributed by atoms with Crippen molar-refractivity contribution in [2.24, 2.45) is 0 Å². The van der Waals surface area contributed by atoms with E-state index >= 15 is 0 Å². The number of hydrogen-bond donors (Lipinski definition) is 2. The molecule has 0 saturated carbocycles. The number of nitrogens with zero attached hydrogens (tertiary/aromatic N) is 1. The topological polar surface area (TPSA) is 44.4 Å². The molecule has 2 rings (SSSR count). The highest BCUT2D eigenvalue weighted by atomic mass is 32.1. The number of carbonyl (C=O) groups excluding carboxylic acids is 1. The minimum absolute atomic E-state index is 0.187. The van der Waals surface area contributed by atoms with Gasteiger partial charge in [-0.05, 0) is 24.3 Å². The molecular formula is C14H23N3OS. The number of hydrogen-bond acceptors (Lipinski definition) is 4. The highest BCUT2D eigenvalue weighted by Gasteiger charge is 2.09. The lowest BCUT2D eigenvalue weighted by Crippen LogP contribution is -2.46. The van der Waals surface area contributed by atoms with Crippen molar-refractivity contribution < 1.29 is 4.79 Å². The quantitative estimate of drug-likeness (QED) is 0.786. The van der Waals surface area contributed by atoms with Crippen LogP contribution in [0.5, 0.6) is 0 Å². The van der Waals surface area contributed by atoms with Crippen molar-refractivity contribution in [3.8, 4) is 0 Å². The Morgan fingerprint density at radius 1 is 1.42 bits per heavy atom. The van der Waals surface area contributed by atoms with Gasteiger partial charge in [-0.3, -0.25) is 9.69 Å². The first-order chi connectivity index (χ1) is 9.34. The number of aryl methyl sites for hydroxylation is 1. The van der Waals surface area contributed by atoms with Gasteiger partial charge in [0.25, 0.3) is 0 Å². The molecule has 1 aromatic rings. The van der Waals surface area contributed by atoms with Crippen molar-refractivity contribution in [3.05, 3.63) is 22.4 Å². The van der Waals surface area contributed by atoms with Gasteiger partial charge in [-0.15, -0.1) is 11.3 Å². The van der Waals surface area contributed by atoms with Crippen LogP contribution in [-0.4, -0.2) is 50.1 Å². The summed E-state index contributed by atoms with van der Waals surface area (Å²) in [4.78, 5) is 15.4. The van der Waals surface area contributed by atoms with Gasteiger partial charge in [-0.25, -0.2) is 0 Å². The molecule has 0 aromatic carbocycles. The second-order valence-corrected chi connectivity index (χ2v) is 5.91. The van der Waals surface area contributed by atoms with E-state index in [-0.39, 0.29) is 5.91 Å². The van der Waals surface area contributed by atoms with Crippen LogP contribution in [0.4, 0.5) is 0 Å². The third-order valence-electron chi connectivity index (χ3n) is 3.37. The molecule has 2 heterocycles. The van der Waals surface area contributed by atoms with E-state index < -0.39 is 0 Å². The molecule has 5 heteroatoms. The Kier molecular flexibility index (Phi) is 6.33. The fourth-order valence-corrected chi connectivity index (χ4v) is 3.01. The molecule has 0 atom stereocenters. The van der Waals surface area contributed by atoms with Gasteiger partial charge in [0, 0.05) is 50.6 Å². The predicted octanol–water partition coefficient (Wildman–Crippen LogP) is 1.09. The Hall–Kier alpha value is -0.910. The molecule has 1 fully saturated rings. The van der Waals surface area contributed by atoms with Crippen LogP contribution in [0.25, 0.3) is 0 Å². The number of piperazine rings is 1. The van der Waals surface area contributed by atoms with Crippen LogP contribution in [0.15, 0.2) is 17.5 Å². The monoisotopic (exact) mass is 281 g/mol. The van der Waals surface area contributed by atoms with E-state index in [9.17, 15) is 4.79 Å². The molecule has 0 bridgehead atoms. The normalized spacial score (nSPS) is 16.4. The Morgan fingerprint density at radius 2 is 2.26 bits per heavy atom. The maximum atomic E-state index is 11.7. The van der Waals surface area contributed by atoms with E-state index in [1.807, 2.05) is 0 Å². The third-order valence-corrected chi connectivity index (χ3v) is 4.30. The van der Waals surface area contributed by atoms with E-state index in [2.05, 4.69) is 33.0 Å². The van der Waals surface area contributed by atoms with Crippen molar-refractivity contribution in [2.45, 2.75) is 19.3 Å². The van der Waals surface area contributed by atoms with Crippen LogP contribution < -0.4 is 10.6 Å². The van der Waals surface area contributed by atoms with Gasteiger partial charge in [-0.1, -0.05) is 6.07 Å². The van der Waals surface area contributed by atoms with Gasteiger partial charge in [0.1, 0.15) is 0 Å². The number of thiophene rings is 1. The minimum atomic E-state index is 0.187. The van der Waals surface area contributed by atoms with Gasteiger partial charge in [0.15, 0.2) is 0 Å². The molecule has 1 aliphatic heterocycles. The smallest absolute Gasteiger partial charge is 0.220 e. The van der Waals surface area contributed by atoms with Crippen molar-refractivity contribution in [1.82, 2.24) is 15.5 Å². The largest absolute Gasteiger partial charge is 0.355 e. The van der Waals surface area contributed by atoms with Crippen molar-refractivity contribution in [1.29, 1.82) is 0 Å². The molecule has 0 radical (unpaired) electrons. The Labute approximate surface area is 119 Å². The van der Waals surface area contributed by atoms with Crippen LogP contribution in [0, 0.1) is 0 Å². The Morgan fingerprint density at radius 3 is 3.00 bits per heavy atom. The van der Waals surface area contributed by atoms with E-state index in [0.29, 0.717) is 6.42 Å². The molecule has 1 aromatic heterocycles. The molecule has 1 aliphatic rings. The zero-order valence-corrected chi connectivity index (χ0v) is 12.2. The highest BCUT2D eigenvalue weighted by molar-refractivity contribution is 7.09. The molecule has 0 aliphatic carbocycles. The average Bonchev–Trinajstić information content (AvgIpc) is 2.93. The van der Waals surface area contributed by atoms with Crippen LogP contribution in [0.2, 0.25) is 0 Å². The number of rotatable bonds is 7. The molecule has 19 heavy (non-hydrogen) atoms. The van der Waals surface area contributed by atoms with Crippen LogP contribution in [-0.2, 0) is 11.2 Å². The van der Waals surface area contributed by atoms with E-state index in [0.717, 1.165) is 52.1 Å². The summed E-state index contributed by atoms with van der Waals surface area (Å²) in [6, 6.07) is 4.19. The Balaban J connectivity index is 1.49. The molecule has 1 amide bonds. The summed E-state index contributed by atoms with van der Waals surface area (Å²) in [5.74, 6) is 0.187. The first kappa shape index (κ1) is 14.5. The lowest BCUT2D eigenvalue weighted by Gasteiger charge is -2.27.